The zero-order valence-corrected chi connectivity index (χ0v) is 19.4. The van der Waals surface area contributed by atoms with Gasteiger partial charge in [-0.15, -0.1) is 0 Å². The topological polar surface area (TPSA) is 110 Å². The Morgan fingerprint density at radius 3 is 2.06 bits per heavy atom. The van der Waals surface area contributed by atoms with Crippen molar-refractivity contribution in [3.63, 3.8) is 0 Å². The van der Waals surface area contributed by atoms with Crippen LogP contribution < -0.4 is 11.1 Å². The maximum absolute atomic E-state index is 13.9. The molecule has 3 rings (SSSR count). The maximum Gasteiger partial charge on any atom is 0.251 e. The van der Waals surface area contributed by atoms with Crippen molar-refractivity contribution in [1.29, 1.82) is 0 Å². The summed E-state index contributed by atoms with van der Waals surface area (Å²) in [7, 11) is -2.95. The third-order valence-electron chi connectivity index (χ3n) is 4.96. The first-order valence-electron chi connectivity index (χ1n) is 9.86. The lowest BCUT2D eigenvalue weighted by Gasteiger charge is -2.29. The first kappa shape index (κ1) is 25.3. The number of halogens is 3. The second kappa shape index (κ2) is 10.3. The van der Waals surface area contributed by atoms with Gasteiger partial charge in [0, 0.05) is 30.2 Å². The van der Waals surface area contributed by atoms with Gasteiger partial charge in [-0.05, 0) is 59.7 Å². The standard InChI is InChI=1S/C23H20ClF2N3O4S/c1-28-23(31)15-4-2-14(3-5-15)13-29(34(32,33)20-8-6-17(24)7-9-20)21(22(27)30)16-10-18(25)12-19(26)11-16/h2-12,21H,13H2,1H3,(H2,27,30)(H,28,31). The normalized spacial score (nSPS) is 12.4. The number of nitrogens with zero attached hydrogens (tertiary/aromatic N) is 1. The Labute approximate surface area is 200 Å². The van der Waals surface area contributed by atoms with Gasteiger partial charge in [0.1, 0.15) is 17.7 Å². The van der Waals surface area contributed by atoms with Gasteiger partial charge in [0.25, 0.3) is 5.91 Å². The van der Waals surface area contributed by atoms with Crippen LogP contribution in [0.3, 0.4) is 0 Å². The molecule has 0 aliphatic rings. The van der Waals surface area contributed by atoms with Crippen LogP contribution in [0.15, 0.2) is 71.6 Å². The lowest BCUT2D eigenvalue weighted by Crippen LogP contribution is -2.41. The van der Waals surface area contributed by atoms with Gasteiger partial charge in [-0.25, -0.2) is 17.2 Å². The molecular weight excluding hydrogens is 488 g/mol. The summed E-state index contributed by atoms with van der Waals surface area (Å²) < 4.78 is 55.8. The Bertz CT molecular complexity index is 1300. The molecule has 0 aromatic heterocycles. The minimum Gasteiger partial charge on any atom is -0.368 e. The molecule has 34 heavy (non-hydrogen) atoms. The number of hydrogen-bond donors (Lipinski definition) is 2. The van der Waals surface area contributed by atoms with Crippen LogP contribution in [0.5, 0.6) is 0 Å². The molecule has 0 spiro atoms. The third-order valence-corrected chi connectivity index (χ3v) is 7.04. The fraction of sp³-hybridized carbons (Fsp3) is 0.130. The van der Waals surface area contributed by atoms with E-state index in [0.717, 1.165) is 16.4 Å². The molecule has 0 fully saturated rings. The lowest BCUT2D eigenvalue weighted by molar-refractivity contribution is -0.122. The summed E-state index contributed by atoms with van der Waals surface area (Å²) in [4.78, 5) is 24.1. The SMILES string of the molecule is CNC(=O)c1ccc(CN(C(C(N)=O)c2cc(F)cc(F)c2)S(=O)(=O)c2ccc(Cl)cc2)cc1. The van der Waals surface area contributed by atoms with Crippen molar-refractivity contribution < 1.29 is 26.8 Å². The van der Waals surface area contributed by atoms with Crippen LogP contribution >= 0.6 is 11.6 Å². The first-order chi connectivity index (χ1) is 16.0. The van der Waals surface area contributed by atoms with E-state index in [0.29, 0.717) is 17.2 Å². The second-order valence-corrected chi connectivity index (χ2v) is 9.61. The van der Waals surface area contributed by atoms with Crippen molar-refractivity contribution in [2.45, 2.75) is 17.5 Å². The first-order valence-corrected chi connectivity index (χ1v) is 11.7. The van der Waals surface area contributed by atoms with Crippen molar-refractivity contribution >= 4 is 33.4 Å². The van der Waals surface area contributed by atoms with Gasteiger partial charge in [-0.3, -0.25) is 9.59 Å². The molecule has 0 saturated heterocycles. The number of rotatable bonds is 8. The van der Waals surface area contributed by atoms with E-state index in [1.54, 1.807) is 0 Å². The van der Waals surface area contributed by atoms with E-state index in [1.165, 1.54) is 55.6 Å². The average molecular weight is 508 g/mol. The van der Waals surface area contributed by atoms with Crippen LogP contribution in [0.2, 0.25) is 5.02 Å². The second-order valence-electron chi connectivity index (χ2n) is 7.29. The maximum atomic E-state index is 13.9. The van der Waals surface area contributed by atoms with Gasteiger partial charge in [0.05, 0.1) is 4.90 Å². The number of nitrogens with two attached hydrogens (primary N) is 1. The molecule has 0 aliphatic heterocycles. The smallest absolute Gasteiger partial charge is 0.251 e. The fourth-order valence-corrected chi connectivity index (χ4v) is 5.05. The Kier molecular flexibility index (Phi) is 7.65. The number of nitrogens with one attached hydrogen (secondary N) is 1. The van der Waals surface area contributed by atoms with Crippen molar-refractivity contribution in [3.8, 4) is 0 Å². The van der Waals surface area contributed by atoms with E-state index in [1.807, 2.05) is 0 Å². The summed E-state index contributed by atoms with van der Waals surface area (Å²) in [5, 5.41) is 2.75. The molecule has 1 unspecified atom stereocenters. The molecule has 0 bridgehead atoms. The molecule has 0 saturated carbocycles. The molecule has 0 aliphatic carbocycles. The van der Waals surface area contributed by atoms with Gasteiger partial charge in [0.15, 0.2) is 0 Å². The molecule has 1 atom stereocenters. The van der Waals surface area contributed by atoms with E-state index in [9.17, 15) is 26.8 Å². The summed E-state index contributed by atoms with van der Waals surface area (Å²) >= 11 is 5.87. The van der Waals surface area contributed by atoms with Crippen molar-refractivity contribution in [3.05, 3.63) is 100 Å². The predicted molar refractivity (Wildman–Crippen MR) is 122 cm³/mol. The molecule has 3 N–H and O–H groups in total. The Morgan fingerprint density at radius 1 is 1.00 bits per heavy atom. The van der Waals surface area contributed by atoms with E-state index >= 15 is 0 Å². The van der Waals surface area contributed by atoms with Crippen molar-refractivity contribution in [1.82, 2.24) is 9.62 Å². The number of carbonyl (C=O) groups is 2. The lowest BCUT2D eigenvalue weighted by atomic mass is 10.0. The van der Waals surface area contributed by atoms with Gasteiger partial charge >= 0.3 is 0 Å². The van der Waals surface area contributed by atoms with E-state index in [4.69, 9.17) is 17.3 Å². The summed E-state index contributed by atoms with van der Waals surface area (Å²) in [6.45, 7) is -0.384. The summed E-state index contributed by atoms with van der Waals surface area (Å²) in [6.07, 6.45) is 0. The minimum absolute atomic E-state index is 0.206. The molecule has 3 aromatic rings. The number of sulfonamides is 1. The van der Waals surface area contributed by atoms with Gasteiger partial charge < -0.3 is 11.1 Å². The van der Waals surface area contributed by atoms with Gasteiger partial charge in [0.2, 0.25) is 15.9 Å². The van der Waals surface area contributed by atoms with Crippen LogP contribution in [0.1, 0.15) is 27.5 Å². The molecular formula is C23H20ClF2N3O4S. The minimum atomic E-state index is -4.42. The molecule has 178 valence electrons. The zero-order valence-electron chi connectivity index (χ0n) is 17.8. The molecule has 0 heterocycles. The van der Waals surface area contributed by atoms with Crippen LogP contribution in [-0.2, 0) is 21.4 Å². The van der Waals surface area contributed by atoms with Gasteiger partial charge in [-0.2, -0.15) is 4.31 Å². The fourth-order valence-electron chi connectivity index (χ4n) is 3.35. The summed E-state index contributed by atoms with van der Waals surface area (Å²) in [5.74, 6) is -3.48. The molecule has 0 radical (unpaired) electrons. The van der Waals surface area contributed by atoms with Crippen LogP contribution in [0.4, 0.5) is 8.78 Å². The van der Waals surface area contributed by atoms with Crippen LogP contribution in [-0.4, -0.2) is 31.6 Å². The number of primary amides is 1. The summed E-state index contributed by atoms with van der Waals surface area (Å²) in [5.41, 5.74) is 5.99. The Balaban J connectivity index is 2.14. The third kappa shape index (κ3) is 5.58. The molecule has 2 amide bonds. The number of carbonyl (C=O) groups excluding carboxylic acids is 2. The molecule has 7 nitrogen and oxygen atoms in total. The number of benzene rings is 3. The summed E-state index contributed by atoms with van der Waals surface area (Å²) in [6, 6.07) is 11.7. The predicted octanol–water partition coefficient (Wildman–Crippen LogP) is 3.40. The monoisotopic (exact) mass is 507 g/mol. The van der Waals surface area contributed by atoms with Crippen molar-refractivity contribution in [2.24, 2.45) is 5.73 Å². The highest BCUT2D eigenvalue weighted by Crippen LogP contribution is 2.31. The number of hydrogen-bond acceptors (Lipinski definition) is 4. The molecule has 3 aromatic carbocycles. The van der Waals surface area contributed by atoms with E-state index in [-0.39, 0.29) is 27.9 Å². The Hall–Kier alpha value is -3.34. The highest BCUT2D eigenvalue weighted by molar-refractivity contribution is 7.89. The van der Waals surface area contributed by atoms with Crippen molar-refractivity contribution in [2.75, 3.05) is 7.05 Å². The van der Waals surface area contributed by atoms with E-state index < -0.39 is 33.6 Å². The van der Waals surface area contributed by atoms with Gasteiger partial charge in [-0.1, -0.05) is 23.7 Å². The average Bonchev–Trinajstić information content (AvgIpc) is 2.78. The highest BCUT2D eigenvalue weighted by Gasteiger charge is 2.36. The largest absolute Gasteiger partial charge is 0.368 e. The number of amides is 2. The molecule has 11 heteroatoms. The highest BCUT2D eigenvalue weighted by atomic mass is 35.5. The van der Waals surface area contributed by atoms with E-state index in [2.05, 4.69) is 5.32 Å². The Morgan fingerprint density at radius 2 is 1.56 bits per heavy atom. The van der Waals surface area contributed by atoms with Crippen LogP contribution in [0, 0.1) is 11.6 Å². The quantitative estimate of drug-likeness (QED) is 0.487. The zero-order chi connectivity index (χ0) is 25.0. The van der Waals surface area contributed by atoms with Crippen LogP contribution in [0.25, 0.3) is 0 Å².